The number of guanidine groups is 1. The number of hydrogen-bond acceptors (Lipinski definition) is 3. The maximum absolute atomic E-state index is 13.9. The zero-order valence-electron chi connectivity index (χ0n) is 15.1. The number of nitrogens with one attached hydrogen (secondary N) is 2. The van der Waals surface area contributed by atoms with Gasteiger partial charge in [-0.15, -0.1) is 0 Å². The van der Waals surface area contributed by atoms with Crippen molar-refractivity contribution in [2.75, 3.05) is 25.9 Å². The Kier molecular flexibility index (Phi) is 7.85. The Morgan fingerprint density at radius 2 is 2.08 bits per heavy atom. The molecule has 0 radical (unpaired) electrons. The van der Waals surface area contributed by atoms with E-state index in [0.29, 0.717) is 42.1 Å². The first kappa shape index (κ1) is 21.1. The number of benzene rings is 1. The standard InChI is InChI=1S/C17H26BrFN4O2S/c1-3-10-26(24,25)23-8-6-15(7-9-23)22-17(20-2)21-12-13-4-5-14(18)11-16(13)19/h4-5,11,15H,3,6-10,12H2,1-2H3,(H2,20,21,22). The molecule has 0 unspecified atom stereocenters. The van der Waals surface area contributed by atoms with E-state index in [1.54, 1.807) is 23.5 Å². The fraction of sp³-hybridized carbons (Fsp3) is 0.588. The SMILES string of the molecule is CCCS(=O)(=O)N1CCC(NC(=NC)NCc2ccc(Br)cc2F)CC1. The lowest BCUT2D eigenvalue weighted by molar-refractivity contribution is 0.306. The average Bonchev–Trinajstić information content (AvgIpc) is 2.60. The molecule has 0 bridgehead atoms. The van der Waals surface area contributed by atoms with Gasteiger partial charge in [-0.3, -0.25) is 4.99 Å². The minimum Gasteiger partial charge on any atom is -0.354 e. The molecule has 0 aromatic heterocycles. The molecular weight excluding hydrogens is 423 g/mol. The van der Waals surface area contributed by atoms with E-state index in [2.05, 4.69) is 31.6 Å². The second-order valence-corrected chi connectivity index (χ2v) is 9.30. The van der Waals surface area contributed by atoms with Crippen molar-refractivity contribution in [1.82, 2.24) is 14.9 Å². The Bertz CT molecular complexity index is 734. The highest BCUT2D eigenvalue weighted by Crippen LogP contribution is 2.16. The molecule has 2 N–H and O–H groups in total. The summed E-state index contributed by atoms with van der Waals surface area (Å²) in [7, 11) is -1.47. The number of rotatable bonds is 6. The van der Waals surface area contributed by atoms with Crippen LogP contribution in [0.2, 0.25) is 0 Å². The highest BCUT2D eigenvalue weighted by molar-refractivity contribution is 9.10. The first-order chi connectivity index (χ1) is 12.4. The van der Waals surface area contributed by atoms with Crippen LogP contribution in [-0.4, -0.2) is 50.6 Å². The van der Waals surface area contributed by atoms with Crippen LogP contribution in [0.3, 0.4) is 0 Å². The zero-order valence-corrected chi connectivity index (χ0v) is 17.5. The molecule has 26 heavy (non-hydrogen) atoms. The van der Waals surface area contributed by atoms with Gasteiger partial charge in [-0.25, -0.2) is 17.1 Å². The van der Waals surface area contributed by atoms with E-state index in [4.69, 9.17) is 0 Å². The van der Waals surface area contributed by atoms with E-state index >= 15 is 0 Å². The largest absolute Gasteiger partial charge is 0.354 e. The van der Waals surface area contributed by atoms with Crippen LogP contribution in [0.15, 0.2) is 27.7 Å². The molecular formula is C17H26BrFN4O2S. The summed E-state index contributed by atoms with van der Waals surface area (Å²) < 4.78 is 40.4. The lowest BCUT2D eigenvalue weighted by Crippen LogP contribution is -2.49. The van der Waals surface area contributed by atoms with Crippen LogP contribution in [0, 0.1) is 5.82 Å². The van der Waals surface area contributed by atoms with Crippen molar-refractivity contribution in [1.29, 1.82) is 0 Å². The van der Waals surface area contributed by atoms with Gasteiger partial charge in [-0.05, 0) is 31.4 Å². The van der Waals surface area contributed by atoms with Gasteiger partial charge in [0.15, 0.2) is 5.96 Å². The molecule has 2 rings (SSSR count). The van der Waals surface area contributed by atoms with Gasteiger partial charge in [-0.2, -0.15) is 0 Å². The van der Waals surface area contributed by atoms with Crippen molar-refractivity contribution < 1.29 is 12.8 Å². The monoisotopic (exact) mass is 448 g/mol. The van der Waals surface area contributed by atoms with Crippen LogP contribution in [0.4, 0.5) is 4.39 Å². The first-order valence-corrected chi connectivity index (χ1v) is 11.1. The summed E-state index contributed by atoms with van der Waals surface area (Å²) in [6.45, 7) is 3.22. The summed E-state index contributed by atoms with van der Waals surface area (Å²) in [4.78, 5) is 4.17. The van der Waals surface area contributed by atoms with E-state index in [1.807, 2.05) is 6.92 Å². The third-order valence-electron chi connectivity index (χ3n) is 4.34. The summed E-state index contributed by atoms with van der Waals surface area (Å²) in [5, 5.41) is 6.40. The zero-order chi connectivity index (χ0) is 19.2. The summed E-state index contributed by atoms with van der Waals surface area (Å²) in [6.07, 6.45) is 2.07. The van der Waals surface area contributed by atoms with Crippen molar-refractivity contribution >= 4 is 31.9 Å². The predicted molar refractivity (Wildman–Crippen MR) is 106 cm³/mol. The molecule has 1 aromatic carbocycles. The Hall–Kier alpha value is -1.19. The van der Waals surface area contributed by atoms with Crippen molar-refractivity contribution in [2.45, 2.75) is 38.8 Å². The van der Waals surface area contributed by atoms with E-state index < -0.39 is 10.0 Å². The van der Waals surface area contributed by atoms with Crippen molar-refractivity contribution in [3.63, 3.8) is 0 Å². The van der Waals surface area contributed by atoms with Gasteiger partial charge in [0.1, 0.15) is 5.82 Å². The molecule has 1 saturated heterocycles. The first-order valence-electron chi connectivity index (χ1n) is 8.74. The van der Waals surface area contributed by atoms with E-state index in [1.165, 1.54) is 6.07 Å². The highest BCUT2D eigenvalue weighted by Gasteiger charge is 2.27. The molecule has 6 nitrogen and oxygen atoms in total. The summed E-state index contributed by atoms with van der Waals surface area (Å²) in [5.41, 5.74) is 0.552. The predicted octanol–water partition coefficient (Wildman–Crippen LogP) is 2.46. The van der Waals surface area contributed by atoms with Crippen molar-refractivity contribution in [2.24, 2.45) is 4.99 Å². The number of aliphatic imine (C=N–C) groups is 1. The molecule has 9 heteroatoms. The number of hydrogen-bond donors (Lipinski definition) is 2. The topological polar surface area (TPSA) is 73.8 Å². The molecule has 1 fully saturated rings. The van der Waals surface area contributed by atoms with Gasteiger partial charge in [0, 0.05) is 42.8 Å². The fourth-order valence-electron chi connectivity index (χ4n) is 2.90. The fourth-order valence-corrected chi connectivity index (χ4v) is 4.77. The molecule has 0 atom stereocenters. The molecule has 1 aliphatic heterocycles. The Morgan fingerprint density at radius 3 is 2.65 bits per heavy atom. The lowest BCUT2D eigenvalue weighted by Gasteiger charge is -2.32. The molecule has 1 aromatic rings. The lowest BCUT2D eigenvalue weighted by atomic mass is 10.1. The smallest absolute Gasteiger partial charge is 0.214 e. The second kappa shape index (κ2) is 9.66. The molecule has 146 valence electrons. The second-order valence-electron chi connectivity index (χ2n) is 6.30. The quantitative estimate of drug-likeness (QED) is 0.517. The van der Waals surface area contributed by atoms with Crippen molar-refractivity contribution in [3.05, 3.63) is 34.1 Å². The highest BCUT2D eigenvalue weighted by atomic mass is 79.9. The van der Waals surface area contributed by atoms with Crippen LogP contribution >= 0.6 is 15.9 Å². The van der Waals surface area contributed by atoms with E-state index in [-0.39, 0.29) is 17.6 Å². The third-order valence-corrected chi connectivity index (χ3v) is 6.90. The maximum atomic E-state index is 13.9. The Morgan fingerprint density at radius 1 is 1.38 bits per heavy atom. The van der Waals surface area contributed by atoms with Gasteiger partial charge < -0.3 is 10.6 Å². The molecule has 1 aliphatic rings. The molecule has 0 aliphatic carbocycles. The van der Waals surface area contributed by atoms with Crippen LogP contribution < -0.4 is 10.6 Å². The number of halogens is 2. The van der Waals surface area contributed by atoms with Crippen molar-refractivity contribution in [3.8, 4) is 0 Å². The van der Waals surface area contributed by atoms with Gasteiger partial charge in [-0.1, -0.05) is 28.9 Å². The third kappa shape index (κ3) is 5.92. The average molecular weight is 449 g/mol. The van der Waals surface area contributed by atoms with E-state index in [9.17, 15) is 12.8 Å². The molecule has 0 spiro atoms. The molecule has 1 heterocycles. The number of nitrogens with zero attached hydrogens (tertiary/aromatic N) is 2. The minimum atomic E-state index is -3.13. The van der Waals surface area contributed by atoms with Crippen LogP contribution in [0.1, 0.15) is 31.7 Å². The van der Waals surface area contributed by atoms with Crippen LogP contribution in [-0.2, 0) is 16.6 Å². The number of sulfonamides is 1. The van der Waals surface area contributed by atoms with E-state index in [0.717, 1.165) is 12.8 Å². The minimum absolute atomic E-state index is 0.143. The summed E-state index contributed by atoms with van der Waals surface area (Å²) >= 11 is 3.24. The normalized spacial score (nSPS) is 17.3. The van der Waals surface area contributed by atoms with Crippen LogP contribution in [0.5, 0.6) is 0 Å². The summed E-state index contributed by atoms with van der Waals surface area (Å²) in [6, 6.07) is 5.09. The molecule has 0 amide bonds. The number of piperidine rings is 1. The van der Waals surface area contributed by atoms with Crippen LogP contribution in [0.25, 0.3) is 0 Å². The summed E-state index contributed by atoms with van der Waals surface area (Å²) in [5.74, 6) is 0.506. The Balaban J connectivity index is 1.84. The van der Waals surface area contributed by atoms with Gasteiger partial charge >= 0.3 is 0 Å². The maximum Gasteiger partial charge on any atom is 0.214 e. The van der Waals surface area contributed by atoms with Gasteiger partial charge in [0.25, 0.3) is 0 Å². The molecule has 0 saturated carbocycles. The van der Waals surface area contributed by atoms with Gasteiger partial charge in [0.2, 0.25) is 10.0 Å². The van der Waals surface area contributed by atoms with Gasteiger partial charge in [0.05, 0.1) is 5.75 Å². The Labute approximate surface area is 163 Å².